The molecule has 0 fully saturated rings. The summed E-state index contributed by atoms with van der Waals surface area (Å²) in [6.45, 7) is 0. The van der Waals surface area contributed by atoms with Gasteiger partial charge in [0.15, 0.2) is 5.82 Å². The molecular weight excluding hydrogens is 791 g/mol. The first-order valence-electron chi connectivity index (χ1n) is 22.2. The lowest BCUT2D eigenvalue weighted by atomic mass is 9.81. The van der Waals surface area contributed by atoms with Crippen molar-refractivity contribution in [3.05, 3.63) is 236 Å². The van der Waals surface area contributed by atoms with E-state index in [2.05, 4.69) is 215 Å². The maximum absolute atomic E-state index is 5.63. The molecule has 304 valence electrons. The largest absolute Gasteiger partial charge is 0.278 e. The Morgan fingerprint density at radius 3 is 1.46 bits per heavy atom. The molecule has 0 N–H and O–H groups in total. The molecule has 0 amide bonds. The second-order valence-electron chi connectivity index (χ2n) is 16.7. The van der Waals surface area contributed by atoms with Crippen molar-refractivity contribution in [2.24, 2.45) is 0 Å². The zero-order valence-corrected chi connectivity index (χ0v) is 35.3. The van der Waals surface area contributed by atoms with Gasteiger partial charge in [0.05, 0.1) is 33.5 Å². The fourth-order valence-electron chi connectivity index (χ4n) is 10.1. The number of hydrogen-bond acceptors (Lipinski definition) is 3. The minimum Gasteiger partial charge on any atom is -0.278 e. The summed E-state index contributed by atoms with van der Waals surface area (Å²) in [5.74, 6) is 1.56. The smallest absolute Gasteiger partial charge is 0.220 e. The fourth-order valence-corrected chi connectivity index (χ4v) is 10.1. The normalized spacial score (nSPS) is 11.8. The van der Waals surface area contributed by atoms with Crippen LogP contribution >= 0.6 is 0 Å². The predicted molar refractivity (Wildman–Crippen MR) is 266 cm³/mol. The van der Waals surface area contributed by atoms with Gasteiger partial charge in [-0.25, -0.2) is 15.0 Å². The number of hydrogen-bond donors (Lipinski definition) is 0. The van der Waals surface area contributed by atoms with E-state index < -0.39 is 0 Å². The summed E-state index contributed by atoms with van der Waals surface area (Å²) in [5.41, 5.74) is 22.1. The van der Waals surface area contributed by atoms with Crippen molar-refractivity contribution in [2.45, 2.75) is 6.42 Å². The zero-order valence-electron chi connectivity index (χ0n) is 35.3. The van der Waals surface area contributed by atoms with Crippen LogP contribution in [0.25, 0.3) is 112 Å². The van der Waals surface area contributed by atoms with E-state index in [4.69, 9.17) is 15.0 Å². The Morgan fingerprint density at radius 2 is 0.846 bits per heavy atom. The van der Waals surface area contributed by atoms with Crippen LogP contribution in [0.3, 0.4) is 0 Å². The summed E-state index contributed by atoms with van der Waals surface area (Å²) in [4.78, 5) is 16.3. The molecule has 0 bridgehead atoms. The van der Waals surface area contributed by atoms with Crippen molar-refractivity contribution in [1.82, 2.24) is 23.9 Å². The minimum atomic E-state index is 0.554. The van der Waals surface area contributed by atoms with Crippen LogP contribution in [0.1, 0.15) is 11.3 Å². The van der Waals surface area contributed by atoms with Crippen molar-refractivity contribution in [2.75, 3.05) is 0 Å². The first-order valence-corrected chi connectivity index (χ1v) is 22.2. The van der Waals surface area contributed by atoms with Gasteiger partial charge >= 0.3 is 0 Å². The number of nitrogens with zero attached hydrogens (tertiary/aromatic N) is 5. The lowest BCUT2D eigenvalue weighted by molar-refractivity contribution is 1.04. The van der Waals surface area contributed by atoms with E-state index in [1.54, 1.807) is 0 Å². The van der Waals surface area contributed by atoms with Gasteiger partial charge in [-0.2, -0.15) is 0 Å². The second-order valence-corrected chi connectivity index (χ2v) is 16.7. The molecule has 13 rings (SSSR count). The van der Waals surface area contributed by atoms with Crippen LogP contribution in [0, 0.1) is 0 Å². The number of aromatic nitrogens is 5. The molecule has 0 unspecified atom stereocenters. The van der Waals surface area contributed by atoms with E-state index in [0.29, 0.717) is 12.2 Å². The molecule has 12 aromatic rings. The fraction of sp³-hybridized carbons (Fsp3) is 0.0167. The van der Waals surface area contributed by atoms with E-state index in [1.807, 2.05) is 18.2 Å². The first kappa shape index (κ1) is 36.9. The average Bonchev–Trinajstić information content (AvgIpc) is 3.92. The first-order chi connectivity index (χ1) is 32.3. The van der Waals surface area contributed by atoms with Gasteiger partial charge in [0, 0.05) is 28.8 Å². The molecule has 0 atom stereocenters. The van der Waals surface area contributed by atoms with Gasteiger partial charge in [0.2, 0.25) is 5.78 Å². The number of rotatable bonds is 6. The van der Waals surface area contributed by atoms with Crippen LogP contribution in [-0.4, -0.2) is 23.9 Å². The summed E-state index contributed by atoms with van der Waals surface area (Å²) in [7, 11) is 0. The molecule has 1 aliphatic carbocycles. The Hall–Kier alpha value is -8.67. The molecule has 0 radical (unpaired) electrons. The molecular formula is C60H39N5. The quantitative estimate of drug-likeness (QED) is 0.168. The lowest BCUT2D eigenvalue weighted by Crippen LogP contribution is -2.05. The van der Waals surface area contributed by atoms with Gasteiger partial charge in [0.25, 0.3) is 0 Å². The summed E-state index contributed by atoms with van der Waals surface area (Å²) < 4.78 is 4.66. The van der Waals surface area contributed by atoms with E-state index in [0.717, 1.165) is 72.7 Å². The third-order valence-corrected chi connectivity index (χ3v) is 13.0. The number of para-hydroxylation sites is 3. The molecule has 65 heavy (non-hydrogen) atoms. The van der Waals surface area contributed by atoms with Crippen LogP contribution in [0.2, 0.25) is 0 Å². The summed E-state index contributed by atoms with van der Waals surface area (Å²) in [6.07, 6.45) is 0.554. The van der Waals surface area contributed by atoms with Gasteiger partial charge in [-0.3, -0.25) is 8.97 Å². The van der Waals surface area contributed by atoms with E-state index >= 15 is 0 Å². The van der Waals surface area contributed by atoms with Crippen LogP contribution in [0.15, 0.2) is 224 Å². The summed E-state index contributed by atoms with van der Waals surface area (Å²) >= 11 is 0. The molecule has 1 aliphatic rings. The topological polar surface area (TPSA) is 48.0 Å². The van der Waals surface area contributed by atoms with Crippen molar-refractivity contribution < 1.29 is 0 Å². The Kier molecular flexibility index (Phi) is 8.53. The van der Waals surface area contributed by atoms with Crippen LogP contribution < -0.4 is 0 Å². The molecule has 9 aromatic carbocycles. The third-order valence-electron chi connectivity index (χ3n) is 13.0. The van der Waals surface area contributed by atoms with Crippen molar-refractivity contribution in [3.63, 3.8) is 0 Å². The third kappa shape index (κ3) is 5.97. The van der Waals surface area contributed by atoms with Gasteiger partial charge in [0.1, 0.15) is 0 Å². The standard InChI is InChI=1S/C60H39N5/c1-4-19-39(20-5-1)56-52(61-59(41-23-8-3-9-24-41)62-58(56)40-21-6-2-7-22-40)37-42-25-18-34-55-57(42)63-60-64(53-32-16-17-33-54(53)65(55)60)43-35-36-50-48-30-13-12-28-46(48)44-26-10-11-27-45(44)47-29-14-15-31-49(47)51(50)38-43/h1-36,38H,37H2. The van der Waals surface area contributed by atoms with E-state index in [1.165, 1.54) is 44.5 Å². The molecule has 0 aliphatic heterocycles. The molecule has 0 spiro atoms. The van der Waals surface area contributed by atoms with Gasteiger partial charge in [-0.1, -0.05) is 194 Å². The average molecular weight is 830 g/mol. The number of benzene rings is 9. The Bertz CT molecular complexity index is 3780. The number of fused-ring (bicyclic) bond motifs is 13. The van der Waals surface area contributed by atoms with E-state index in [-0.39, 0.29) is 0 Å². The zero-order chi connectivity index (χ0) is 42.8. The Labute approximate surface area is 376 Å². The van der Waals surface area contributed by atoms with E-state index in [9.17, 15) is 0 Å². The van der Waals surface area contributed by atoms with Crippen LogP contribution in [0.5, 0.6) is 0 Å². The molecule has 3 heterocycles. The highest BCUT2D eigenvalue weighted by molar-refractivity contribution is 6.04. The Morgan fingerprint density at radius 1 is 0.354 bits per heavy atom. The van der Waals surface area contributed by atoms with Crippen molar-refractivity contribution in [1.29, 1.82) is 0 Å². The molecule has 3 aromatic heterocycles. The van der Waals surface area contributed by atoms with Gasteiger partial charge in [-0.05, 0) is 86.0 Å². The van der Waals surface area contributed by atoms with Crippen molar-refractivity contribution >= 4 is 27.8 Å². The van der Waals surface area contributed by atoms with Crippen LogP contribution in [0.4, 0.5) is 0 Å². The van der Waals surface area contributed by atoms with Gasteiger partial charge < -0.3 is 0 Å². The number of imidazole rings is 2. The monoisotopic (exact) mass is 829 g/mol. The summed E-state index contributed by atoms with van der Waals surface area (Å²) in [5, 5.41) is 0. The second kappa shape index (κ2) is 15.0. The molecule has 5 heteroatoms. The molecule has 0 saturated carbocycles. The highest BCUT2D eigenvalue weighted by atomic mass is 15.2. The Balaban J connectivity index is 1.03. The SMILES string of the molecule is c1ccc(-c2nc(Cc3cccc4c3nc3n(-c5ccc6c(c5)-c5ccccc5-c5ccccc5-c5ccccc5-6)c5ccccc5n43)c(-c3ccccc3)c(-c3ccccc3)n2)cc1. The van der Waals surface area contributed by atoms with Crippen LogP contribution in [-0.2, 0) is 6.42 Å². The van der Waals surface area contributed by atoms with Crippen molar-refractivity contribution in [3.8, 4) is 84.0 Å². The lowest BCUT2D eigenvalue weighted by Gasteiger charge is -2.23. The highest BCUT2D eigenvalue weighted by Gasteiger charge is 2.25. The molecule has 5 nitrogen and oxygen atoms in total. The van der Waals surface area contributed by atoms with Gasteiger partial charge in [-0.15, -0.1) is 0 Å². The maximum Gasteiger partial charge on any atom is 0.220 e. The molecule has 0 saturated heterocycles. The minimum absolute atomic E-state index is 0.554. The summed E-state index contributed by atoms with van der Waals surface area (Å²) in [6, 6.07) is 80.0. The predicted octanol–water partition coefficient (Wildman–Crippen LogP) is 14.8. The maximum atomic E-state index is 5.63. The highest BCUT2D eigenvalue weighted by Crippen LogP contribution is 2.48.